The van der Waals surface area contributed by atoms with Crippen molar-refractivity contribution in [3.63, 3.8) is 0 Å². The number of benzene rings is 2. The lowest BCUT2D eigenvalue weighted by Gasteiger charge is -2.20. The molecule has 0 aliphatic heterocycles. The second-order valence-corrected chi connectivity index (χ2v) is 10.4. The Morgan fingerprint density at radius 1 is 1.12 bits per heavy atom. The summed E-state index contributed by atoms with van der Waals surface area (Å²) in [6.45, 7) is 2.42. The number of halogens is 2. The summed E-state index contributed by atoms with van der Waals surface area (Å²) in [6, 6.07) is 15.4. The normalized spacial score (nSPS) is 11.1. The van der Waals surface area contributed by atoms with Crippen molar-refractivity contribution in [2.24, 2.45) is 0 Å². The topological polar surface area (TPSA) is 46.1 Å². The molecule has 8 heteroatoms. The van der Waals surface area contributed by atoms with Gasteiger partial charge in [0.05, 0.1) is 16.8 Å². The van der Waals surface area contributed by atoms with Crippen LogP contribution < -0.4 is 4.90 Å². The van der Waals surface area contributed by atoms with Gasteiger partial charge in [-0.1, -0.05) is 40.6 Å². The first-order valence-electron chi connectivity index (χ1n) is 10.1. The van der Waals surface area contributed by atoms with E-state index in [2.05, 4.69) is 4.98 Å². The molecule has 0 unspecified atom stereocenters. The molecule has 4 nitrogen and oxygen atoms in total. The smallest absolute Gasteiger partial charge is 0.229 e. The number of nitrogens with zero attached hydrogens (tertiary/aromatic N) is 3. The van der Waals surface area contributed by atoms with E-state index in [1.807, 2.05) is 55.5 Å². The number of aryl methyl sites for hydroxylation is 1. The molecule has 2 heterocycles. The highest BCUT2D eigenvalue weighted by Gasteiger charge is 2.21. The molecule has 0 fully saturated rings. The van der Waals surface area contributed by atoms with Gasteiger partial charge in [0.1, 0.15) is 0 Å². The van der Waals surface area contributed by atoms with E-state index < -0.39 is 0 Å². The van der Waals surface area contributed by atoms with E-state index in [0.717, 1.165) is 43.4 Å². The summed E-state index contributed by atoms with van der Waals surface area (Å²) in [5.74, 6) is 0.899. The van der Waals surface area contributed by atoms with Crippen LogP contribution in [0.25, 0.3) is 10.2 Å². The van der Waals surface area contributed by atoms with Gasteiger partial charge in [0.15, 0.2) is 5.13 Å². The fourth-order valence-corrected chi connectivity index (χ4v) is 5.69. The molecule has 0 aliphatic carbocycles. The maximum atomic E-state index is 13.3. The molecule has 4 rings (SSSR count). The second-order valence-electron chi connectivity index (χ2n) is 7.31. The number of rotatable bonds is 8. The average Bonchev–Trinajstić information content (AvgIpc) is 3.21. The molecule has 0 saturated heterocycles. The van der Waals surface area contributed by atoms with Crippen molar-refractivity contribution in [2.45, 2.75) is 31.2 Å². The number of fused-ring (bicyclic) bond motifs is 1. The number of pyridine rings is 1. The minimum absolute atomic E-state index is 0.0494. The number of carbonyl (C=O) groups excluding carboxylic acids is 1. The molecule has 0 aliphatic rings. The summed E-state index contributed by atoms with van der Waals surface area (Å²) in [5, 5.41) is 2.09. The van der Waals surface area contributed by atoms with Gasteiger partial charge in [-0.2, -0.15) is 0 Å². The van der Waals surface area contributed by atoms with Crippen molar-refractivity contribution in [1.29, 1.82) is 0 Å². The third-order valence-electron chi connectivity index (χ3n) is 4.85. The maximum Gasteiger partial charge on any atom is 0.229 e. The summed E-state index contributed by atoms with van der Waals surface area (Å²) >= 11 is 15.4. The lowest BCUT2D eigenvalue weighted by molar-refractivity contribution is -0.118. The molecule has 0 N–H and O–H groups in total. The van der Waals surface area contributed by atoms with E-state index in [0.29, 0.717) is 23.1 Å². The zero-order chi connectivity index (χ0) is 22.5. The molecule has 164 valence electrons. The first kappa shape index (κ1) is 23.1. The summed E-state index contributed by atoms with van der Waals surface area (Å²) in [6.07, 6.45) is 4.72. The molecule has 4 aromatic rings. The summed E-state index contributed by atoms with van der Waals surface area (Å²) in [7, 11) is 0. The SMILES string of the molecule is Cc1cc(Cl)cc2sc(N(Cc3cccnc3)C(=O)CCCSc3ccc(Cl)cc3)nc12. The lowest BCUT2D eigenvalue weighted by Crippen LogP contribution is -2.30. The molecule has 32 heavy (non-hydrogen) atoms. The van der Waals surface area contributed by atoms with Crippen molar-refractivity contribution < 1.29 is 4.79 Å². The van der Waals surface area contributed by atoms with Crippen LogP contribution in [0.3, 0.4) is 0 Å². The Balaban J connectivity index is 1.49. The first-order chi connectivity index (χ1) is 15.5. The van der Waals surface area contributed by atoms with Gasteiger partial charge in [-0.05, 0) is 72.7 Å². The van der Waals surface area contributed by atoms with Crippen LogP contribution in [0.1, 0.15) is 24.0 Å². The second kappa shape index (κ2) is 10.7. The number of amides is 1. The Morgan fingerprint density at radius 2 is 1.94 bits per heavy atom. The summed E-state index contributed by atoms with van der Waals surface area (Å²) in [4.78, 5) is 25.1. The third kappa shape index (κ3) is 5.81. The number of thiazole rings is 1. The Kier molecular flexibility index (Phi) is 7.68. The van der Waals surface area contributed by atoms with Crippen molar-refractivity contribution in [3.8, 4) is 0 Å². The van der Waals surface area contributed by atoms with Gasteiger partial charge < -0.3 is 0 Å². The van der Waals surface area contributed by atoms with Gasteiger partial charge in [0.25, 0.3) is 0 Å². The van der Waals surface area contributed by atoms with Gasteiger partial charge in [-0.3, -0.25) is 14.7 Å². The highest BCUT2D eigenvalue weighted by Crippen LogP contribution is 2.34. The number of carbonyl (C=O) groups is 1. The van der Waals surface area contributed by atoms with Gasteiger partial charge in [0, 0.05) is 33.8 Å². The van der Waals surface area contributed by atoms with Crippen LogP contribution >= 0.6 is 46.3 Å². The first-order valence-corrected chi connectivity index (χ1v) is 12.7. The largest absolute Gasteiger partial charge is 0.284 e. The van der Waals surface area contributed by atoms with E-state index in [9.17, 15) is 4.79 Å². The van der Waals surface area contributed by atoms with Crippen LogP contribution in [0.2, 0.25) is 10.0 Å². The fraction of sp³-hybridized carbons (Fsp3) is 0.208. The molecule has 0 spiro atoms. The number of hydrogen-bond donors (Lipinski definition) is 0. The average molecular weight is 502 g/mol. The molecular weight excluding hydrogens is 481 g/mol. The van der Waals surface area contributed by atoms with Gasteiger partial charge in [0.2, 0.25) is 5.91 Å². The van der Waals surface area contributed by atoms with Crippen LogP contribution in [0.15, 0.2) is 65.8 Å². The molecule has 0 bridgehead atoms. The van der Waals surface area contributed by atoms with E-state index in [1.165, 1.54) is 11.3 Å². The number of thioether (sulfide) groups is 1. The molecule has 1 amide bonds. The van der Waals surface area contributed by atoms with Crippen LogP contribution in [0.5, 0.6) is 0 Å². The molecule has 0 saturated carbocycles. The van der Waals surface area contributed by atoms with E-state index >= 15 is 0 Å². The zero-order valence-corrected chi connectivity index (χ0v) is 20.6. The number of aromatic nitrogens is 2. The Labute approximate surface area is 205 Å². The predicted molar refractivity (Wildman–Crippen MR) is 136 cm³/mol. The molecule has 0 atom stereocenters. The quantitative estimate of drug-likeness (QED) is 0.186. The van der Waals surface area contributed by atoms with Gasteiger partial charge >= 0.3 is 0 Å². The lowest BCUT2D eigenvalue weighted by atomic mass is 10.2. The van der Waals surface area contributed by atoms with E-state index in [-0.39, 0.29) is 5.91 Å². The van der Waals surface area contributed by atoms with Crippen molar-refractivity contribution in [3.05, 3.63) is 82.1 Å². The van der Waals surface area contributed by atoms with E-state index in [1.54, 1.807) is 29.1 Å². The van der Waals surface area contributed by atoms with Crippen molar-refractivity contribution in [1.82, 2.24) is 9.97 Å². The fourth-order valence-electron chi connectivity index (χ4n) is 3.27. The van der Waals surface area contributed by atoms with Crippen molar-refractivity contribution >= 4 is 67.6 Å². The number of anilines is 1. The van der Waals surface area contributed by atoms with Crippen molar-refractivity contribution in [2.75, 3.05) is 10.7 Å². The molecule has 2 aromatic heterocycles. The summed E-state index contributed by atoms with van der Waals surface area (Å²) in [5.41, 5.74) is 2.85. The molecule has 0 radical (unpaired) electrons. The third-order valence-corrected chi connectivity index (χ3v) is 7.45. The monoisotopic (exact) mass is 501 g/mol. The van der Waals surface area contributed by atoms with Crippen LogP contribution in [0, 0.1) is 6.92 Å². The van der Waals surface area contributed by atoms with Gasteiger partial charge in [-0.25, -0.2) is 4.98 Å². The Morgan fingerprint density at radius 3 is 2.69 bits per heavy atom. The maximum absolute atomic E-state index is 13.3. The molecule has 2 aromatic carbocycles. The number of hydrogen-bond acceptors (Lipinski definition) is 5. The minimum atomic E-state index is 0.0494. The predicted octanol–water partition coefficient (Wildman–Crippen LogP) is 7.41. The highest BCUT2D eigenvalue weighted by atomic mass is 35.5. The van der Waals surface area contributed by atoms with Crippen LogP contribution in [0.4, 0.5) is 5.13 Å². The standard InChI is InChI=1S/C24H21Cl2N3OS2/c1-16-12-19(26)13-21-23(16)28-24(32-21)29(15-17-4-2-10-27-14-17)22(30)5-3-11-31-20-8-6-18(25)7-9-20/h2,4,6-10,12-14H,3,5,11,15H2,1H3. The highest BCUT2D eigenvalue weighted by molar-refractivity contribution is 7.99. The Hall–Kier alpha value is -2.12. The Bertz CT molecular complexity index is 1210. The van der Waals surface area contributed by atoms with Gasteiger partial charge in [-0.15, -0.1) is 11.8 Å². The summed E-state index contributed by atoms with van der Waals surface area (Å²) < 4.78 is 0.979. The van der Waals surface area contributed by atoms with Crippen LogP contribution in [-0.4, -0.2) is 21.6 Å². The zero-order valence-electron chi connectivity index (χ0n) is 17.4. The molecular formula is C24H21Cl2N3OS2. The minimum Gasteiger partial charge on any atom is -0.284 e. The van der Waals surface area contributed by atoms with E-state index in [4.69, 9.17) is 28.2 Å². The van der Waals surface area contributed by atoms with Crippen LogP contribution in [-0.2, 0) is 11.3 Å².